The third kappa shape index (κ3) is 7.91. The molecule has 0 bridgehead atoms. The molecule has 0 aromatic heterocycles. The summed E-state index contributed by atoms with van der Waals surface area (Å²) in [5.41, 5.74) is 1.92. The number of anilines is 2. The highest BCUT2D eigenvalue weighted by Gasteiger charge is 2.13. The van der Waals surface area contributed by atoms with Crippen LogP contribution in [0.3, 0.4) is 0 Å². The minimum atomic E-state index is -3.68. The van der Waals surface area contributed by atoms with Gasteiger partial charge in [0.2, 0.25) is 21.8 Å². The normalized spacial score (nSPS) is 10.9. The van der Waals surface area contributed by atoms with Crippen LogP contribution in [-0.4, -0.2) is 32.5 Å². The first-order valence-corrected chi connectivity index (χ1v) is 10.2. The predicted octanol–water partition coefficient (Wildman–Crippen LogP) is 2.14. The first kappa shape index (κ1) is 20.4. The highest BCUT2D eigenvalue weighted by atomic mass is 32.2. The second kappa shape index (κ2) is 9.72. The van der Waals surface area contributed by atoms with E-state index in [1.54, 1.807) is 18.2 Å². The van der Waals surface area contributed by atoms with E-state index in [1.807, 2.05) is 30.3 Å². The van der Waals surface area contributed by atoms with Gasteiger partial charge in [-0.05, 0) is 30.2 Å². The highest BCUT2D eigenvalue weighted by Crippen LogP contribution is 2.16. The minimum Gasteiger partial charge on any atom is -0.356 e. The zero-order chi connectivity index (χ0) is 19.7. The van der Waals surface area contributed by atoms with E-state index in [2.05, 4.69) is 15.4 Å². The Labute approximate surface area is 159 Å². The van der Waals surface area contributed by atoms with Crippen LogP contribution in [0.25, 0.3) is 0 Å². The molecule has 27 heavy (non-hydrogen) atoms. The van der Waals surface area contributed by atoms with Gasteiger partial charge in [-0.15, -0.1) is 0 Å². The number of rotatable bonds is 9. The lowest BCUT2D eigenvalue weighted by atomic mass is 10.1. The second-order valence-electron chi connectivity index (χ2n) is 6.02. The maximum atomic E-state index is 12.2. The second-order valence-corrected chi connectivity index (χ2v) is 7.86. The van der Waals surface area contributed by atoms with Gasteiger partial charge in [-0.2, -0.15) is 0 Å². The van der Waals surface area contributed by atoms with E-state index in [1.165, 1.54) is 13.0 Å². The number of nitrogens with one attached hydrogen (secondary N) is 3. The van der Waals surface area contributed by atoms with Crippen molar-refractivity contribution >= 4 is 33.2 Å². The molecule has 2 rings (SSSR count). The zero-order valence-electron chi connectivity index (χ0n) is 15.1. The molecule has 0 radical (unpaired) electrons. The first-order chi connectivity index (χ1) is 12.8. The number of carbonyl (C=O) groups excluding carboxylic acids is 2. The average Bonchev–Trinajstić information content (AvgIpc) is 2.60. The van der Waals surface area contributed by atoms with Crippen LogP contribution in [-0.2, 0) is 26.0 Å². The summed E-state index contributed by atoms with van der Waals surface area (Å²) < 4.78 is 26.7. The Morgan fingerprint density at radius 3 is 2.37 bits per heavy atom. The van der Waals surface area contributed by atoms with Gasteiger partial charge in [-0.1, -0.05) is 36.4 Å². The number of hydrogen-bond acceptors (Lipinski definition) is 4. The summed E-state index contributed by atoms with van der Waals surface area (Å²) in [5, 5.41) is 5.30. The van der Waals surface area contributed by atoms with Crippen LogP contribution in [0.4, 0.5) is 11.4 Å². The van der Waals surface area contributed by atoms with E-state index in [9.17, 15) is 18.0 Å². The highest BCUT2D eigenvalue weighted by molar-refractivity contribution is 7.92. The van der Waals surface area contributed by atoms with Gasteiger partial charge >= 0.3 is 0 Å². The maximum Gasteiger partial charge on any atom is 0.233 e. The van der Waals surface area contributed by atoms with E-state index in [-0.39, 0.29) is 24.0 Å². The van der Waals surface area contributed by atoms with Gasteiger partial charge in [0.05, 0.1) is 11.4 Å². The Bertz CT molecular complexity index is 883. The van der Waals surface area contributed by atoms with Gasteiger partial charge in [0.1, 0.15) is 0 Å². The molecule has 144 valence electrons. The van der Waals surface area contributed by atoms with Crippen LogP contribution in [0, 0.1) is 0 Å². The topological polar surface area (TPSA) is 104 Å². The lowest BCUT2D eigenvalue weighted by molar-refractivity contribution is -0.120. The van der Waals surface area contributed by atoms with Crippen LogP contribution in [0.1, 0.15) is 18.9 Å². The molecule has 0 aliphatic carbocycles. The fraction of sp³-hybridized carbons (Fsp3) is 0.263. The molecule has 0 unspecified atom stereocenters. The average molecular weight is 389 g/mol. The molecule has 0 atom stereocenters. The number of hydrogen-bond donors (Lipinski definition) is 3. The standard InChI is InChI=1S/C19H23N3O4S/c1-15(23)21-17-8-5-9-18(14-17)22-27(25,26)13-11-19(24)20-12-10-16-6-3-2-4-7-16/h2-9,14,22H,10-13H2,1H3,(H,20,24)(H,21,23). The molecule has 2 aromatic rings. The van der Waals surface area contributed by atoms with Crippen molar-refractivity contribution in [2.24, 2.45) is 0 Å². The van der Waals surface area contributed by atoms with Crippen LogP contribution < -0.4 is 15.4 Å². The van der Waals surface area contributed by atoms with E-state index in [4.69, 9.17) is 0 Å². The predicted molar refractivity (Wildman–Crippen MR) is 106 cm³/mol. The summed E-state index contributed by atoms with van der Waals surface area (Å²) in [7, 11) is -3.68. The van der Waals surface area contributed by atoms with E-state index >= 15 is 0 Å². The summed E-state index contributed by atoms with van der Waals surface area (Å²) in [6.45, 7) is 1.82. The van der Waals surface area contributed by atoms with Gasteiger partial charge < -0.3 is 10.6 Å². The van der Waals surface area contributed by atoms with Crippen LogP contribution >= 0.6 is 0 Å². The van der Waals surface area contributed by atoms with Crippen molar-refractivity contribution in [3.8, 4) is 0 Å². The van der Waals surface area contributed by atoms with Crippen molar-refractivity contribution < 1.29 is 18.0 Å². The lowest BCUT2D eigenvalue weighted by Crippen LogP contribution is -2.28. The van der Waals surface area contributed by atoms with Crippen LogP contribution in [0.5, 0.6) is 0 Å². The van der Waals surface area contributed by atoms with Gasteiger partial charge in [-0.3, -0.25) is 14.3 Å². The Hall–Kier alpha value is -2.87. The molecule has 0 saturated carbocycles. The monoisotopic (exact) mass is 389 g/mol. The van der Waals surface area contributed by atoms with E-state index < -0.39 is 10.0 Å². The number of benzene rings is 2. The van der Waals surface area contributed by atoms with Crippen LogP contribution in [0.15, 0.2) is 54.6 Å². The van der Waals surface area contributed by atoms with Crippen molar-refractivity contribution in [1.82, 2.24) is 5.32 Å². The summed E-state index contributed by atoms with van der Waals surface area (Å²) in [4.78, 5) is 22.9. The van der Waals surface area contributed by atoms with Gasteiger partial charge in [0, 0.05) is 25.6 Å². The smallest absolute Gasteiger partial charge is 0.233 e. The summed E-state index contributed by atoms with van der Waals surface area (Å²) in [5.74, 6) is -0.889. The van der Waals surface area contributed by atoms with Gasteiger partial charge in [-0.25, -0.2) is 8.42 Å². The minimum absolute atomic E-state index is 0.129. The van der Waals surface area contributed by atoms with E-state index in [0.29, 0.717) is 24.3 Å². The molecular weight excluding hydrogens is 366 g/mol. The quantitative estimate of drug-likeness (QED) is 0.611. The maximum absolute atomic E-state index is 12.2. The Morgan fingerprint density at radius 2 is 1.67 bits per heavy atom. The third-order valence-electron chi connectivity index (χ3n) is 3.63. The molecule has 2 aromatic carbocycles. The SMILES string of the molecule is CC(=O)Nc1cccc(NS(=O)(=O)CCC(=O)NCCc2ccccc2)c1. The molecule has 0 saturated heterocycles. The molecule has 0 heterocycles. The number of sulfonamides is 1. The molecule has 8 heteroatoms. The van der Waals surface area contributed by atoms with Crippen molar-refractivity contribution in [3.05, 3.63) is 60.2 Å². The molecule has 0 aliphatic heterocycles. The fourth-order valence-electron chi connectivity index (χ4n) is 2.40. The summed E-state index contributed by atoms with van der Waals surface area (Å²) in [6, 6.07) is 16.1. The molecule has 7 nitrogen and oxygen atoms in total. The summed E-state index contributed by atoms with van der Waals surface area (Å²) in [6.07, 6.45) is 0.559. The molecular formula is C19H23N3O4S. The van der Waals surface area contributed by atoms with E-state index in [0.717, 1.165) is 5.56 Å². The number of carbonyl (C=O) groups is 2. The third-order valence-corrected chi connectivity index (χ3v) is 4.92. The molecule has 2 amide bonds. The fourth-order valence-corrected chi connectivity index (χ4v) is 3.44. The lowest BCUT2D eigenvalue weighted by Gasteiger charge is -2.10. The Kier molecular flexibility index (Phi) is 7.36. The summed E-state index contributed by atoms with van der Waals surface area (Å²) >= 11 is 0. The largest absolute Gasteiger partial charge is 0.356 e. The van der Waals surface area contributed by atoms with Crippen molar-refractivity contribution in [3.63, 3.8) is 0 Å². The Balaban J connectivity index is 1.78. The van der Waals surface area contributed by atoms with Crippen molar-refractivity contribution in [2.45, 2.75) is 19.8 Å². The first-order valence-electron chi connectivity index (χ1n) is 8.53. The van der Waals surface area contributed by atoms with Gasteiger partial charge in [0.25, 0.3) is 0 Å². The zero-order valence-corrected chi connectivity index (χ0v) is 15.9. The van der Waals surface area contributed by atoms with Crippen molar-refractivity contribution in [2.75, 3.05) is 22.3 Å². The molecule has 0 spiro atoms. The molecule has 3 N–H and O–H groups in total. The van der Waals surface area contributed by atoms with Crippen LogP contribution in [0.2, 0.25) is 0 Å². The van der Waals surface area contributed by atoms with Gasteiger partial charge in [0.15, 0.2) is 0 Å². The number of amides is 2. The molecule has 0 fully saturated rings. The molecule has 0 aliphatic rings. The Morgan fingerprint density at radius 1 is 0.963 bits per heavy atom. The van der Waals surface area contributed by atoms with Crippen molar-refractivity contribution in [1.29, 1.82) is 0 Å².